The second kappa shape index (κ2) is 8.05. The number of thioether (sulfide) groups is 1. The Morgan fingerprint density at radius 1 is 1.11 bits per heavy atom. The van der Waals surface area contributed by atoms with Crippen LogP contribution in [0.4, 0.5) is 23.2 Å². The summed E-state index contributed by atoms with van der Waals surface area (Å²) in [5, 5.41) is 2.65. The van der Waals surface area contributed by atoms with Crippen molar-refractivity contribution in [2.75, 3.05) is 11.1 Å². The number of aromatic nitrogens is 1. The van der Waals surface area contributed by atoms with E-state index in [2.05, 4.69) is 10.3 Å². The van der Waals surface area contributed by atoms with Crippen LogP contribution < -0.4 is 10.7 Å². The van der Waals surface area contributed by atoms with Gasteiger partial charge in [-0.3, -0.25) is 9.59 Å². The second-order valence-corrected chi connectivity index (χ2v) is 6.95. The van der Waals surface area contributed by atoms with Gasteiger partial charge in [-0.15, -0.1) is 11.8 Å². The number of amides is 1. The summed E-state index contributed by atoms with van der Waals surface area (Å²) in [5.74, 6) is -0.681. The molecule has 0 atom stereocenters. The molecule has 0 bridgehead atoms. The number of carbonyl (C=O) groups excluding carboxylic acids is 1. The van der Waals surface area contributed by atoms with E-state index in [-0.39, 0.29) is 22.3 Å². The maximum atomic E-state index is 13.2. The lowest BCUT2D eigenvalue weighted by atomic mass is 10.2. The fourth-order valence-electron chi connectivity index (χ4n) is 2.58. The zero-order valence-corrected chi connectivity index (χ0v) is 15.1. The first-order valence-corrected chi connectivity index (χ1v) is 9.24. The van der Waals surface area contributed by atoms with E-state index in [0.717, 1.165) is 18.2 Å². The van der Waals surface area contributed by atoms with Gasteiger partial charge in [0.25, 0.3) is 0 Å². The lowest BCUT2D eigenvalue weighted by molar-refractivity contribution is -0.137. The number of H-pyrrole nitrogens is 1. The number of carbonyl (C=O) groups is 1. The molecule has 1 aromatic heterocycles. The largest absolute Gasteiger partial charge is 0.416 e. The number of rotatable bonds is 5. The van der Waals surface area contributed by atoms with Gasteiger partial charge in [0.2, 0.25) is 5.91 Å². The van der Waals surface area contributed by atoms with E-state index in [0.29, 0.717) is 17.0 Å². The van der Waals surface area contributed by atoms with E-state index in [9.17, 15) is 27.2 Å². The molecule has 0 aliphatic heterocycles. The monoisotopic (exact) mass is 410 g/mol. The Morgan fingerprint density at radius 3 is 2.64 bits per heavy atom. The van der Waals surface area contributed by atoms with Crippen LogP contribution in [0, 0.1) is 5.82 Å². The molecule has 1 heterocycles. The minimum Gasteiger partial charge on any atom is -0.357 e. The number of anilines is 1. The highest BCUT2D eigenvalue weighted by atomic mass is 32.2. The van der Waals surface area contributed by atoms with Gasteiger partial charge >= 0.3 is 6.18 Å². The number of alkyl halides is 3. The Bertz CT molecular complexity index is 1080. The number of nitrogens with one attached hydrogen (secondary N) is 2. The number of halogens is 4. The number of hydrogen-bond acceptors (Lipinski definition) is 3. The maximum Gasteiger partial charge on any atom is 0.416 e. The van der Waals surface area contributed by atoms with Crippen molar-refractivity contribution in [2.24, 2.45) is 0 Å². The molecule has 0 saturated heterocycles. The van der Waals surface area contributed by atoms with Crippen molar-refractivity contribution in [1.82, 2.24) is 4.98 Å². The Morgan fingerprint density at radius 2 is 1.89 bits per heavy atom. The van der Waals surface area contributed by atoms with Crippen molar-refractivity contribution in [3.8, 4) is 0 Å². The highest BCUT2D eigenvalue weighted by Gasteiger charge is 2.30. The van der Waals surface area contributed by atoms with Gasteiger partial charge in [-0.1, -0.05) is 6.07 Å². The van der Waals surface area contributed by atoms with Crippen LogP contribution in [0.2, 0.25) is 0 Å². The Labute approximate surface area is 161 Å². The summed E-state index contributed by atoms with van der Waals surface area (Å²) in [6.07, 6.45) is -4.49. The fourth-order valence-corrected chi connectivity index (χ4v) is 3.31. The van der Waals surface area contributed by atoms with Gasteiger partial charge in [-0.2, -0.15) is 13.2 Å². The number of aromatic amines is 1. The summed E-state index contributed by atoms with van der Waals surface area (Å²) in [4.78, 5) is 27.0. The van der Waals surface area contributed by atoms with E-state index in [1.165, 1.54) is 42.1 Å². The SMILES string of the molecule is O=C(CSCc1cc(=O)c2cc(F)ccc2[nH]1)Nc1cccc(C(F)(F)F)c1. The third kappa shape index (κ3) is 4.92. The molecule has 2 N–H and O–H groups in total. The van der Waals surface area contributed by atoms with Crippen molar-refractivity contribution >= 4 is 34.3 Å². The third-order valence-corrected chi connectivity index (χ3v) is 4.79. The normalized spacial score (nSPS) is 11.6. The molecule has 146 valence electrons. The molecule has 0 fully saturated rings. The Hall–Kier alpha value is -2.81. The van der Waals surface area contributed by atoms with Gasteiger partial charge in [0.05, 0.1) is 11.3 Å². The van der Waals surface area contributed by atoms with Crippen molar-refractivity contribution < 1.29 is 22.4 Å². The summed E-state index contributed by atoms with van der Waals surface area (Å²) < 4.78 is 51.3. The number of benzene rings is 2. The van der Waals surface area contributed by atoms with Crippen LogP contribution in [0.5, 0.6) is 0 Å². The first-order valence-electron chi connectivity index (χ1n) is 8.09. The van der Waals surface area contributed by atoms with Crippen molar-refractivity contribution in [1.29, 1.82) is 0 Å². The smallest absolute Gasteiger partial charge is 0.357 e. The number of fused-ring (bicyclic) bond motifs is 1. The van der Waals surface area contributed by atoms with Crippen LogP contribution in [-0.4, -0.2) is 16.6 Å². The minimum absolute atomic E-state index is 0.0142. The molecule has 0 spiro atoms. The lowest BCUT2D eigenvalue weighted by Gasteiger charge is -2.10. The van der Waals surface area contributed by atoms with Gasteiger partial charge in [0.15, 0.2) is 5.43 Å². The zero-order valence-electron chi connectivity index (χ0n) is 14.3. The van der Waals surface area contributed by atoms with Crippen molar-refractivity contribution in [3.63, 3.8) is 0 Å². The van der Waals surface area contributed by atoms with E-state index in [4.69, 9.17) is 0 Å². The summed E-state index contributed by atoms with van der Waals surface area (Å²) in [6.45, 7) is 0. The van der Waals surface area contributed by atoms with Gasteiger partial charge in [-0.05, 0) is 36.4 Å². The Balaban J connectivity index is 1.59. The molecule has 3 rings (SSSR count). The highest BCUT2D eigenvalue weighted by molar-refractivity contribution is 7.99. The van der Waals surface area contributed by atoms with E-state index in [1.54, 1.807) is 0 Å². The molecule has 0 saturated carbocycles. The summed E-state index contributed by atoms with van der Waals surface area (Å²) in [7, 11) is 0. The summed E-state index contributed by atoms with van der Waals surface area (Å²) in [5.41, 5.74) is -0.0825. The molecule has 28 heavy (non-hydrogen) atoms. The topological polar surface area (TPSA) is 62.0 Å². The number of hydrogen-bond donors (Lipinski definition) is 2. The predicted octanol–water partition coefficient (Wildman–Crippen LogP) is 4.56. The molecular formula is C19H14F4N2O2S. The molecule has 0 radical (unpaired) electrons. The average molecular weight is 410 g/mol. The van der Waals surface area contributed by atoms with Gasteiger partial charge < -0.3 is 10.3 Å². The molecule has 2 aromatic carbocycles. The van der Waals surface area contributed by atoms with Crippen LogP contribution in [0.1, 0.15) is 11.3 Å². The lowest BCUT2D eigenvalue weighted by Crippen LogP contribution is -2.15. The van der Waals surface area contributed by atoms with Crippen molar-refractivity contribution in [3.05, 3.63) is 75.8 Å². The van der Waals surface area contributed by atoms with Crippen LogP contribution in [-0.2, 0) is 16.7 Å². The standard InChI is InChI=1S/C19H14F4N2O2S/c20-12-4-5-16-15(7-12)17(26)8-14(24-16)9-28-10-18(27)25-13-3-1-2-11(6-13)19(21,22)23/h1-8H,9-10H2,(H,24,26)(H,25,27). The first-order chi connectivity index (χ1) is 13.2. The van der Waals surface area contributed by atoms with Crippen LogP contribution in [0.15, 0.2) is 53.3 Å². The second-order valence-electron chi connectivity index (χ2n) is 5.97. The van der Waals surface area contributed by atoms with E-state index >= 15 is 0 Å². The van der Waals surface area contributed by atoms with E-state index < -0.39 is 23.5 Å². The van der Waals surface area contributed by atoms with Gasteiger partial charge in [0.1, 0.15) is 5.82 Å². The predicted molar refractivity (Wildman–Crippen MR) is 101 cm³/mol. The third-order valence-electron chi connectivity index (χ3n) is 3.81. The molecular weight excluding hydrogens is 396 g/mol. The molecule has 1 amide bonds. The quantitative estimate of drug-likeness (QED) is 0.607. The average Bonchev–Trinajstić information content (AvgIpc) is 2.62. The van der Waals surface area contributed by atoms with Crippen LogP contribution >= 0.6 is 11.8 Å². The van der Waals surface area contributed by atoms with Gasteiger partial charge in [-0.25, -0.2) is 4.39 Å². The summed E-state index contributed by atoms with van der Waals surface area (Å²) in [6, 6.07) is 9.55. The minimum atomic E-state index is -4.49. The number of pyridine rings is 1. The zero-order chi connectivity index (χ0) is 20.3. The van der Waals surface area contributed by atoms with Crippen LogP contribution in [0.25, 0.3) is 10.9 Å². The molecule has 0 unspecified atom stereocenters. The van der Waals surface area contributed by atoms with Crippen LogP contribution in [0.3, 0.4) is 0 Å². The maximum absolute atomic E-state index is 13.2. The first kappa shape index (κ1) is 19.9. The van der Waals surface area contributed by atoms with E-state index in [1.807, 2.05) is 0 Å². The molecule has 4 nitrogen and oxygen atoms in total. The molecule has 0 aliphatic rings. The Kier molecular flexibility index (Phi) is 5.73. The molecule has 9 heteroatoms. The highest BCUT2D eigenvalue weighted by Crippen LogP contribution is 2.30. The molecule has 3 aromatic rings. The van der Waals surface area contributed by atoms with Gasteiger partial charge in [0, 0.05) is 34.1 Å². The summed E-state index contributed by atoms with van der Waals surface area (Å²) >= 11 is 1.19. The van der Waals surface area contributed by atoms with Crippen molar-refractivity contribution in [2.45, 2.75) is 11.9 Å². The fraction of sp³-hybridized carbons (Fsp3) is 0.158. The molecule has 0 aliphatic carbocycles.